The van der Waals surface area contributed by atoms with Crippen LogP contribution in [0.3, 0.4) is 0 Å². The zero-order valence-electron chi connectivity index (χ0n) is 10.9. The Kier molecular flexibility index (Phi) is 4.61. The molecule has 0 radical (unpaired) electrons. The van der Waals surface area contributed by atoms with Crippen LogP contribution in [-0.4, -0.2) is 18.1 Å². The van der Waals surface area contributed by atoms with Gasteiger partial charge in [-0.25, -0.2) is 13.8 Å². The Hall–Kier alpha value is -1.33. The van der Waals surface area contributed by atoms with Crippen molar-refractivity contribution in [3.05, 3.63) is 51.5 Å². The molecule has 2 rings (SSSR count). The van der Waals surface area contributed by atoms with Crippen LogP contribution < -0.4 is 5.32 Å². The second kappa shape index (κ2) is 6.21. The molecule has 19 heavy (non-hydrogen) atoms. The highest BCUT2D eigenvalue weighted by atomic mass is 32.1. The van der Waals surface area contributed by atoms with Crippen molar-refractivity contribution in [2.24, 2.45) is 0 Å². The van der Waals surface area contributed by atoms with Gasteiger partial charge in [0, 0.05) is 29.6 Å². The second-order valence-electron chi connectivity index (χ2n) is 4.51. The standard InChI is InChI=1S/C14H16F2N2S/c1-9-8-19-14(18-9)7-12(17-2)5-10-3-4-11(15)6-13(10)16/h3-4,6,8,12,17H,5,7H2,1-2H3. The Morgan fingerprint density at radius 1 is 1.32 bits per heavy atom. The van der Waals surface area contributed by atoms with Crippen LogP contribution in [-0.2, 0) is 12.8 Å². The number of hydrogen-bond acceptors (Lipinski definition) is 3. The summed E-state index contributed by atoms with van der Waals surface area (Å²) in [4.78, 5) is 4.40. The molecule has 0 bridgehead atoms. The van der Waals surface area contributed by atoms with Crippen molar-refractivity contribution in [2.75, 3.05) is 7.05 Å². The molecule has 102 valence electrons. The lowest BCUT2D eigenvalue weighted by molar-refractivity contribution is 0.523. The largest absolute Gasteiger partial charge is 0.316 e. The number of likely N-dealkylation sites (N-methyl/N-ethyl adjacent to an activating group) is 1. The number of hydrogen-bond donors (Lipinski definition) is 1. The van der Waals surface area contributed by atoms with E-state index in [1.54, 1.807) is 11.3 Å². The summed E-state index contributed by atoms with van der Waals surface area (Å²) >= 11 is 1.61. The lowest BCUT2D eigenvalue weighted by Crippen LogP contribution is -2.30. The van der Waals surface area contributed by atoms with Crippen molar-refractivity contribution in [1.82, 2.24) is 10.3 Å². The van der Waals surface area contributed by atoms with Gasteiger partial charge >= 0.3 is 0 Å². The van der Waals surface area contributed by atoms with Crippen molar-refractivity contribution in [1.29, 1.82) is 0 Å². The molecule has 2 aromatic rings. The summed E-state index contributed by atoms with van der Waals surface area (Å²) in [5.41, 5.74) is 1.52. The first kappa shape index (κ1) is 14.1. The molecule has 5 heteroatoms. The normalized spacial score (nSPS) is 12.6. The van der Waals surface area contributed by atoms with Crippen molar-refractivity contribution >= 4 is 11.3 Å². The zero-order valence-corrected chi connectivity index (χ0v) is 11.7. The fraction of sp³-hybridized carbons (Fsp3) is 0.357. The molecule has 0 amide bonds. The van der Waals surface area contributed by atoms with E-state index in [4.69, 9.17) is 0 Å². The van der Waals surface area contributed by atoms with Crippen LogP contribution in [0.5, 0.6) is 0 Å². The molecule has 1 atom stereocenters. The van der Waals surface area contributed by atoms with E-state index in [-0.39, 0.29) is 6.04 Å². The Morgan fingerprint density at radius 2 is 2.11 bits per heavy atom. The number of halogens is 2. The first-order valence-corrected chi connectivity index (χ1v) is 6.98. The van der Waals surface area contributed by atoms with Crippen molar-refractivity contribution in [3.63, 3.8) is 0 Å². The number of nitrogens with one attached hydrogen (secondary N) is 1. The third-order valence-corrected chi connectivity index (χ3v) is 3.97. The molecule has 0 aliphatic rings. The zero-order chi connectivity index (χ0) is 13.8. The van der Waals surface area contributed by atoms with Gasteiger partial charge in [-0.1, -0.05) is 6.07 Å². The van der Waals surface area contributed by atoms with E-state index in [1.165, 1.54) is 12.1 Å². The highest BCUT2D eigenvalue weighted by Gasteiger charge is 2.13. The Morgan fingerprint density at radius 3 is 2.68 bits per heavy atom. The highest BCUT2D eigenvalue weighted by Crippen LogP contribution is 2.16. The van der Waals surface area contributed by atoms with E-state index in [0.29, 0.717) is 12.0 Å². The molecule has 1 aromatic carbocycles. The van der Waals surface area contributed by atoms with Crippen LogP contribution in [0, 0.1) is 18.6 Å². The fourth-order valence-corrected chi connectivity index (χ4v) is 2.79. The van der Waals surface area contributed by atoms with E-state index in [9.17, 15) is 8.78 Å². The molecular formula is C14H16F2N2S. The topological polar surface area (TPSA) is 24.9 Å². The number of benzene rings is 1. The summed E-state index contributed by atoms with van der Waals surface area (Å²) in [6, 6.07) is 3.81. The van der Waals surface area contributed by atoms with Crippen molar-refractivity contribution < 1.29 is 8.78 Å². The molecular weight excluding hydrogens is 266 g/mol. The summed E-state index contributed by atoms with van der Waals surface area (Å²) in [5.74, 6) is -1.03. The van der Waals surface area contributed by atoms with Gasteiger partial charge < -0.3 is 5.32 Å². The second-order valence-corrected chi connectivity index (χ2v) is 5.45. The SMILES string of the molecule is CNC(Cc1nc(C)cs1)Cc1ccc(F)cc1F. The minimum atomic E-state index is -0.544. The molecule has 2 nitrogen and oxygen atoms in total. The van der Waals surface area contributed by atoms with Crippen LogP contribution >= 0.6 is 11.3 Å². The van der Waals surface area contributed by atoms with Gasteiger partial charge in [-0.15, -0.1) is 11.3 Å². The number of aromatic nitrogens is 1. The van der Waals surface area contributed by atoms with Crippen LogP contribution in [0.1, 0.15) is 16.3 Å². The fourth-order valence-electron chi connectivity index (χ4n) is 1.94. The third-order valence-electron chi connectivity index (χ3n) is 2.98. The number of thiazole rings is 1. The monoisotopic (exact) mass is 282 g/mol. The van der Waals surface area contributed by atoms with E-state index >= 15 is 0 Å². The molecule has 1 N–H and O–H groups in total. The Bertz CT molecular complexity index is 554. The first-order valence-electron chi connectivity index (χ1n) is 6.10. The molecule has 1 heterocycles. The predicted octanol–water partition coefficient (Wildman–Crippen LogP) is 3.10. The maximum Gasteiger partial charge on any atom is 0.129 e. The quantitative estimate of drug-likeness (QED) is 0.911. The van der Waals surface area contributed by atoms with Crippen LogP contribution in [0.15, 0.2) is 23.6 Å². The van der Waals surface area contributed by atoms with Crippen LogP contribution in [0.2, 0.25) is 0 Å². The van der Waals surface area contributed by atoms with Gasteiger partial charge in [-0.05, 0) is 32.0 Å². The molecule has 0 aliphatic heterocycles. The molecule has 0 aliphatic carbocycles. The van der Waals surface area contributed by atoms with Gasteiger partial charge in [0.25, 0.3) is 0 Å². The van der Waals surface area contributed by atoms with Gasteiger partial charge in [0.15, 0.2) is 0 Å². The summed E-state index contributed by atoms with van der Waals surface area (Å²) in [5, 5.41) is 6.18. The van der Waals surface area contributed by atoms with E-state index in [2.05, 4.69) is 10.3 Å². The average molecular weight is 282 g/mol. The van der Waals surface area contributed by atoms with Gasteiger partial charge in [-0.3, -0.25) is 0 Å². The molecule has 1 aromatic heterocycles. The first-order chi connectivity index (χ1) is 9.08. The average Bonchev–Trinajstić information content (AvgIpc) is 2.77. The number of aryl methyl sites for hydroxylation is 1. The van der Waals surface area contributed by atoms with E-state index < -0.39 is 11.6 Å². The van der Waals surface area contributed by atoms with Crippen LogP contribution in [0.4, 0.5) is 8.78 Å². The maximum absolute atomic E-state index is 13.6. The third kappa shape index (κ3) is 3.81. The highest BCUT2D eigenvalue weighted by molar-refractivity contribution is 7.09. The maximum atomic E-state index is 13.6. The van der Waals surface area contributed by atoms with E-state index in [0.717, 1.165) is 23.2 Å². The summed E-state index contributed by atoms with van der Waals surface area (Å²) in [6.07, 6.45) is 1.26. The molecule has 0 spiro atoms. The number of rotatable bonds is 5. The molecule has 0 saturated heterocycles. The van der Waals surface area contributed by atoms with Crippen molar-refractivity contribution in [2.45, 2.75) is 25.8 Å². The lowest BCUT2D eigenvalue weighted by atomic mass is 10.0. The number of nitrogens with zero attached hydrogens (tertiary/aromatic N) is 1. The molecule has 0 fully saturated rings. The summed E-state index contributed by atoms with van der Waals surface area (Å²) in [6.45, 7) is 1.95. The van der Waals surface area contributed by atoms with Crippen LogP contribution in [0.25, 0.3) is 0 Å². The smallest absolute Gasteiger partial charge is 0.129 e. The van der Waals surface area contributed by atoms with Gasteiger partial charge in [-0.2, -0.15) is 0 Å². The summed E-state index contributed by atoms with van der Waals surface area (Å²) in [7, 11) is 1.84. The lowest BCUT2D eigenvalue weighted by Gasteiger charge is -2.15. The van der Waals surface area contributed by atoms with E-state index in [1.807, 2.05) is 19.4 Å². The molecule has 0 saturated carbocycles. The minimum absolute atomic E-state index is 0.0884. The minimum Gasteiger partial charge on any atom is -0.316 e. The Labute approximate surface area is 115 Å². The molecule has 1 unspecified atom stereocenters. The van der Waals surface area contributed by atoms with Gasteiger partial charge in [0.05, 0.1) is 5.01 Å². The van der Waals surface area contributed by atoms with Gasteiger partial charge in [0.1, 0.15) is 11.6 Å². The Balaban J connectivity index is 2.06. The predicted molar refractivity (Wildman–Crippen MR) is 73.5 cm³/mol. The summed E-state index contributed by atoms with van der Waals surface area (Å²) < 4.78 is 26.5. The van der Waals surface area contributed by atoms with Crippen molar-refractivity contribution in [3.8, 4) is 0 Å². The van der Waals surface area contributed by atoms with Gasteiger partial charge in [0.2, 0.25) is 0 Å².